The zero-order valence-corrected chi connectivity index (χ0v) is 11.7. The molecule has 1 fully saturated rings. The third kappa shape index (κ3) is 2.82. The molecule has 0 atom stereocenters. The van der Waals surface area contributed by atoms with Crippen LogP contribution in [0.15, 0.2) is 12.1 Å². The summed E-state index contributed by atoms with van der Waals surface area (Å²) in [6, 6.07) is 3.90. The van der Waals surface area contributed by atoms with Gasteiger partial charge in [0, 0.05) is 37.9 Å². The second kappa shape index (κ2) is 5.67. The lowest BCUT2D eigenvalue weighted by atomic mass is 10.2. The number of hydrogen-bond acceptors (Lipinski definition) is 4. The minimum absolute atomic E-state index is 0.524. The molecule has 0 bridgehead atoms. The first-order valence-electron chi connectivity index (χ1n) is 6.27. The first-order chi connectivity index (χ1) is 8.61. The van der Waals surface area contributed by atoms with Gasteiger partial charge in [0.1, 0.15) is 5.75 Å². The number of ether oxygens (including phenoxy) is 1. The van der Waals surface area contributed by atoms with E-state index in [4.69, 9.17) is 22.1 Å². The Bertz CT molecular complexity index is 417. The maximum atomic E-state index is 6.16. The van der Waals surface area contributed by atoms with Crippen molar-refractivity contribution in [2.45, 2.75) is 6.92 Å². The van der Waals surface area contributed by atoms with Gasteiger partial charge in [0.15, 0.2) is 0 Å². The number of rotatable bonds is 3. The van der Waals surface area contributed by atoms with Crippen LogP contribution in [0, 0.1) is 0 Å². The molecule has 0 amide bonds. The summed E-state index contributed by atoms with van der Waals surface area (Å²) in [6.07, 6.45) is 0. The second-order valence-corrected chi connectivity index (χ2v) is 4.97. The fourth-order valence-electron chi connectivity index (χ4n) is 2.10. The Labute approximate surface area is 113 Å². The van der Waals surface area contributed by atoms with Gasteiger partial charge in [0.25, 0.3) is 0 Å². The van der Waals surface area contributed by atoms with Crippen LogP contribution in [0.3, 0.4) is 0 Å². The van der Waals surface area contributed by atoms with E-state index in [9.17, 15) is 0 Å². The highest BCUT2D eigenvalue weighted by Gasteiger charge is 2.17. The van der Waals surface area contributed by atoms with E-state index < -0.39 is 0 Å². The summed E-state index contributed by atoms with van der Waals surface area (Å²) in [6.45, 7) is 6.66. The summed E-state index contributed by atoms with van der Waals surface area (Å²) >= 11 is 6.16. The number of halogens is 1. The molecule has 0 spiro atoms. The van der Waals surface area contributed by atoms with Crippen LogP contribution in [-0.2, 0) is 0 Å². The molecule has 0 aliphatic carbocycles. The molecule has 0 unspecified atom stereocenters. The first kappa shape index (κ1) is 13.3. The van der Waals surface area contributed by atoms with Crippen molar-refractivity contribution in [1.82, 2.24) is 4.90 Å². The smallest absolute Gasteiger partial charge is 0.145 e. The Morgan fingerprint density at radius 1 is 1.28 bits per heavy atom. The summed E-state index contributed by atoms with van der Waals surface area (Å²) < 4.78 is 5.52. The van der Waals surface area contributed by atoms with Gasteiger partial charge in [-0.15, -0.1) is 0 Å². The Morgan fingerprint density at radius 3 is 2.56 bits per heavy atom. The monoisotopic (exact) mass is 269 g/mol. The lowest BCUT2D eigenvalue weighted by molar-refractivity contribution is 0.312. The van der Waals surface area contributed by atoms with Crippen LogP contribution < -0.4 is 15.4 Å². The summed E-state index contributed by atoms with van der Waals surface area (Å²) in [4.78, 5) is 4.63. The number of likely N-dealkylation sites (N-methyl/N-ethyl adjacent to an activating group) is 1. The van der Waals surface area contributed by atoms with Gasteiger partial charge in [-0.3, -0.25) is 0 Å². The maximum absolute atomic E-state index is 6.16. The number of hydrogen-bond donors (Lipinski definition) is 1. The van der Waals surface area contributed by atoms with E-state index in [0.717, 1.165) is 31.9 Å². The average molecular weight is 270 g/mol. The summed E-state index contributed by atoms with van der Waals surface area (Å²) in [5.41, 5.74) is 7.52. The third-order valence-corrected chi connectivity index (χ3v) is 3.56. The molecule has 1 saturated heterocycles. The van der Waals surface area contributed by atoms with E-state index in [-0.39, 0.29) is 0 Å². The molecule has 2 rings (SSSR count). The number of anilines is 2. The van der Waals surface area contributed by atoms with Gasteiger partial charge in [0.2, 0.25) is 0 Å². The van der Waals surface area contributed by atoms with E-state index in [2.05, 4.69) is 16.8 Å². The second-order valence-electron chi connectivity index (χ2n) is 4.56. The minimum Gasteiger partial charge on any atom is -0.492 e. The van der Waals surface area contributed by atoms with Crippen LogP contribution in [0.5, 0.6) is 5.75 Å². The molecule has 4 nitrogen and oxygen atoms in total. The summed E-state index contributed by atoms with van der Waals surface area (Å²) in [7, 11) is 2.14. The van der Waals surface area contributed by atoms with Crippen molar-refractivity contribution < 1.29 is 4.74 Å². The Morgan fingerprint density at radius 2 is 1.94 bits per heavy atom. The van der Waals surface area contributed by atoms with E-state index >= 15 is 0 Å². The Balaban J connectivity index is 2.22. The molecular weight excluding hydrogens is 250 g/mol. The van der Waals surface area contributed by atoms with Crippen LogP contribution in [-0.4, -0.2) is 44.7 Å². The van der Waals surface area contributed by atoms with Gasteiger partial charge in [-0.2, -0.15) is 0 Å². The van der Waals surface area contributed by atoms with Gasteiger partial charge >= 0.3 is 0 Å². The van der Waals surface area contributed by atoms with Crippen molar-refractivity contribution in [2.24, 2.45) is 0 Å². The van der Waals surface area contributed by atoms with Crippen molar-refractivity contribution in [3.63, 3.8) is 0 Å². The molecule has 0 saturated carbocycles. The van der Waals surface area contributed by atoms with Crippen molar-refractivity contribution >= 4 is 23.0 Å². The zero-order chi connectivity index (χ0) is 13.1. The van der Waals surface area contributed by atoms with Gasteiger partial charge in [0.05, 0.1) is 17.3 Å². The predicted molar refractivity (Wildman–Crippen MR) is 76.7 cm³/mol. The van der Waals surface area contributed by atoms with Crippen LogP contribution in [0.2, 0.25) is 5.02 Å². The lowest BCUT2D eigenvalue weighted by Crippen LogP contribution is -2.44. The van der Waals surface area contributed by atoms with E-state index in [0.29, 0.717) is 23.1 Å². The predicted octanol–water partition coefficient (Wildman–Crippen LogP) is 2.07. The molecule has 0 radical (unpaired) electrons. The zero-order valence-electron chi connectivity index (χ0n) is 10.9. The highest BCUT2D eigenvalue weighted by atomic mass is 35.5. The molecule has 5 heteroatoms. The summed E-state index contributed by atoms with van der Waals surface area (Å²) in [5.74, 6) is 0.680. The average Bonchev–Trinajstić information content (AvgIpc) is 2.36. The van der Waals surface area contributed by atoms with Crippen molar-refractivity contribution in [3.05, 3.63) is 17.2 Å². The Kier molecular flexibility index (Phi) is 4.19. The number of nitrogens with zero attached hydrogens (tertiary/aromatic N) is 2. The Hall–Kier alpha value is -1.13. The number of nitrogens with two attached hydrogens (primary N) is 1. The molecular formula is C13H20ClN3O. The fraction of sp³-hybridized carbons (Fsp3) is 0.538. The number of benzene rings is 1. The first-order valence-corrected chi connectivity index (χ1v) is 6.65. The lowest BCUT2D eigenvalue weighted by Gasteiger charge is -2.34. The van der Waals surface area contributed by atoms with E-state index in [1.54, 1.807) is 0 Å². The molecule has 2 N–H and O–H groups in total. The number of nitrogen functional groups attached to an aromatic ring is 1. The molecule has 1 aromatic rings. The van der Waals surface area contributed by atoms with E-state index in [1.807, 2.05) is 19.1 Å². The van der Waals surface area contributed by atoms with Crippen LogP contribution in [0.1, 0.15) is 6.92 Å². The van der Waals surface area contributed by atoms with Gasteiger partial charge < -0.3 is 20.3 Å². The van der Waals surface area contributed by atoms with Crippen molar-refractivity contribution in [3.8, 4) is 5.75 Å². The molecule has 1 aliphatic rings. The molecule has 1 aromatic carbocycles. The minimum atomic E-state index is 0.524. The SMILES string of the molecule is CCOc1cc(N2CCN(C)CC2)cc(Cl)c1N. The van der Waals surface area contributed by atoms with Gasteiger partial charge in [-0.05, 0) is 20.0 Å². The fourth-order valence-corrected chi connectivity index (χ4v) is 2.31. The van der Waals surface area contributed by atoms with Crippen LogP contribution in [0.25, 0.3) is 0 Å². The van der Waals surface area contributed by atoms with Gasteiger partial charge in [-0.25, -0.2) is 0 Å². The number of piperazine rings is 1. The largest absolute Gasteiger partial charge is 0.492 e. The highest BCUT2D eigenvalue weighted by molar-refractivity contribution is 6.33. The van der Waals surface area contributed by atoms with Crippen molar-refractivity contribution in [1.29, 1.82) is 0 Å². The summed E-state index contributed by atoms with van der Waals surface area (Å²) in [5, 5.41) is 0.565. The maximum Gasteiger partial charge on any atom is 0.145 e. The topological polar surface area (TPSA) is 41.7 Å². The van der Waals surface area contributed by atoms with Crippen LogP contribution in [0.4, 0.5) is 11.4 Å². The molecule has 1 aliphatic heterocycles. The molecule has 100 valence electrons. The molecule has 18 heavy (non-hydrogen) atoms. The van der Waals surface area contributed by atoms with Crippen LogP contribution >= 0.6 is 11.6 Å². The normalized spacial score (nSPS) is 16.9. The standard InChI is InChI=1S/C13H20ClN3O/c1-3-18-12-9-10(8-11(14)13(12)15)17-6-4-16(2)5-7-17/h8-9H,3-7,15H2,1-2H3. The third-order valence-electron chi connectivity index (χ3n) is 3.24. The van der Waals surface area contributed by atoms with Crippen molar-refractivity contribution in [2.75, 3.05) is 50.5 Å². The highest BCUT2D eigenvalue weighted by Crippen LogP contribution is 2.35. The molecule has 1 heterocycles. The quantitative estimate of drug-likeness (QED) is 0.853. The van der Waals surface area contributed by atoms with Gasteiger partial charge in [-0.1, -0.05) is 11.6 Å². The van der Waals surface area contributed by atoms with E-state index in [1.165, 1.54) is 0 Å². The molecule has 0 aromatic heterocycles.